The second-order valence-corrected chi connectivity index (χ2v) is 5.56. The summed E-state index contributed by atoms with van der Waals surface area (Å²) in [6.45, 7) is 1.98. The van der Waals surface area contributed by atoms with E-state index in [1.807, 2.05) is 67.6 Å². The van der Waals surface area contributed by atoms with Crippen LogP contribution in [0.2, 0.25) is 0 Å². The summed E-state index contributed by atoms with van der Waals surface area (Å²) in [7, 11) is 1.63. The van der Waals surface area contributed by atoms with E-state index in [0.29, 0.717) is 11.6 Å². The van der Waals surface area contributed by atoms with Crippen LogP contribution in [-0.2, 0) is 0 Å². The van der Waals surface area contributed by atoms with Gasteiger partial charge in [-0.25, -0.2) is 10.4 Å². The van der Waals surface area contributed by atoms with Crippen molar-refractivity contribution in [2.24, 2.45) is 5.10 Å². The minimum Gasteiger partial charge on any atom is -0.497 e. The van der Waals surface area contributed by atoms with Gasteiger partial charge in [-0.1, -0.05) is 36.4 Å². The fourth-order valence-corrected chi connectivity index (χ4v) is 2.29. The molecule has 26 heavy (non-hydrogen) atoms. The van der Waals surface area contributed by atoms with Gasteiger partial charge in [0.05, 0.1) is 25.2 Å². The molecule has 0 amide bonds. The quantitative estimate of drug-likeness (QED) is 0.539. The van der Waals surface area contributed by atoms with E-state index < -0.39 is 0 Å². The summed E-state index contributed by atoms with van der Waals surface area (Å²) < 4.78 is 5.16. The van der Waals surface area contributed by atoms with Crippen LogP contribution in [0.4, 0.5) is 5.95 Å². The van der Waals surface area contributed by atoms with Crippen LogP contribution in [0.3, 0.4) is 0 Å². The van der Waals surface area contributed by atoms with Crippen molar-refractivity contribution in [1.29, 1.82) is 0 Å². The number of rotatable bonds is 6. The molecule has 0 aliphatic heterocycles. The zero-order valence-electron chi connectivity index (χ0n) is 14.6. The third-order valence-electron chi connectivity index (χ3n) is 3.57. The Labute approximate surface area is 152 Å². The van der Waals surface area contributed by atoms with Gasteiger partial charge in [0.25, 0.3) is 5.95 Å². The van der Waals surface area contributed by atoms with E-state index in [0.717, 1.165) is 22.4 Å². The van der Waals surface area contributed by atoms with Crippen molar-refractivity contribution in [3.8, 4) is 17.0 Å². The SMILES string of the molecule is COc1ccc(-c2cnnc(N/N=C\C(C)=C\c3ccccc3)n2)cc1. The van der Waals surface area contributed by atoms with Gasteiger partial charge in [-0.2, -0.15) is 10.2 Å². The Morgan fingerprint density at radius 3 is 2.58 bits per heavy atom. The van der Waals surface area contributed by atoms with Gasteiger partial charge in [0.15, 0.2) is 0 Å². The van der Waals surface area contributed by atoms with Crippen molar-refractivity contribution in [2.75, 3.05) is 12.5 Å². The van der Waals surface area contributed by atoms with Gasteiger partial charge >= 0.3 is 0 Å². The molecular weight excluding hydrogens is 326 g/mol. The summed E-state index contributed by atoms with van der Waals surface area (Å²) in [5, 5.41) is 12.1. The minimum atomic E-state index is 0.335. The average Bonchev–Trinajstić information content (AvgIpc) is 2.69. The zero-order chi connectivity index (χ0) is 18.2. The highest BCUT2D eigenvalue weighted by Crippen LogP contribution is 2.20. The lowest BCUT2D eigenvalue weighted by Crippen LogP contribution is -2.00. The Bertz CT molecular complexity index is 905. The molecule has 1 aromatic heterocycles. The first-order valence-electron chi connectivity index (χ1n) is 8.11. The predicted molar refractivity (Wildman–Crippen MR) is 104 cm³/mol. The molecular formula is C20H19N5O. The van der Waals surface area contributed by atoms with E-state index in [1.54, 1.807) is 19.5 Å². The maximum Gasteiger partial charge on any atom is 0.263 e. The molecule has 1 heterocycles. The number of methoxy groups -OCH3 is 1. The summed E-state index contributed by atoms with van der Waals surface area (Å²) in [5.41, 5.74) is 6.57. The predicted octanol–water partition coefficient (Wildman–Crippen LogP) is 4.05. The Hall–Kier alpha value is -3.54. The van der Waals surface area contributed by atoms with Gasteiger partial charge < -0.3 is 4.74 Å². The number of ether oxygens (including phenoxy) is 1. The fraction of sp³-hybridized carbons (Fsp3) is 0.100. The highest BCUT2D eigenvalue weighted by molar-refractivity contribution is 5.85. The monoisotopic (exact) mass is 345 g/mol. The van der Waals surface area contributed by atoms with E-state index in [9.17, 15) is 0 Å². The molecule has 0 aliphatic carbocycles. The number of allylic oxidation sites excluding steroid dienone is 1. The van der Waals surface area contributed by atoms with Crippen molar-refractivity contribution in [3.05, 3.63) is 71.9 Å². The van der Waals surface area contributed by atoms with Crippen LogP contribution >= 0.6 is 0 Å². The van der Waals surface area contributed by atoms with Crippen LogP contribution in [0.1, 0.15) is 12.5 Å². The molecule has 0 atom stereocenters. The molecule has 1 N–H and O–H groups in total. The summed E-state index contributed by atoms with van der Waals surface area (Å²) in [6, 6.07) is 17.7. The maximum atomic E-state index is 5.16. The lowest BCUT2D eigenvalue weighted by Gasteiger charge is -2.04. The standard InChI is InChI=1S/C20H19N5O/c1-15(12-16-6-4-3-5-7-16)13-21-24-20-23-19(14-22-25-20)17-8-10-18(26-2)11-9-17/h3-14H,1-2H3,(H,23,24,25)/b15-12+,21-13-. The summed E-state index contributed by atoms with van der Waals surface area (Å²) in [4.78, 5) is 4.42. The number of hydrazone groups is 1. The average molecular weight is 345 g/mol. The minimum absolute atomic E-state index is 0.335. The number of nitrogens with zero attached hydrogens (tertiary/aromatic N) is 4. The van der Waals surface area contributed by atoms with Gasteiger partial charge in [0.2, 0.25) is 0 Å². The lowest BCUT2D eigenvalue weighted by atomic mass is 10.1. The van der Waals surface area contributed by atoms with Crippen LogP contribution < -0.4 is 10.2 Å². The normalized spacial score (nSPS) is 11.5. The first-order chi connectivity index (χ1) is 12.7. The Morgan fingerprint density at radius 1 is 1.08 bits per heavy atom. The number of aromatic nitrogens is 3. The Morgan fingerprint density at radius 2 is 1.85 bits per heavy atom. The van der Waals surface area contributed by atoms with Gasteiger partial charge in [0.1, 0.15) is 5.75 Å². The molecule has 0 aliphatic rings. The van der Waals surface area contributed by atoms with E-state index in [-0.39, 0.29) is 0 Å². The Kier molecular flexibility index (Phi) is 5.67. The molecule has 0 unspecified atom stereocenters. The molecule has 2 aromatic carbocycles. The molecule has 0 saturated carbocycles. The molecule has 0 fully saturated rings. The topological polar surface area (TPSA) is 72.3 Å². The van der Waals surface area contributed by atoms with Crippen molar-refractivity contribution in [2.45, 2.75) is 6.92 Å². The molecule has 130 valence electrons. The van der Waals surface area contributed by atoms with Gasteiger partial charge in [-0.05, 0) is 42.3 Å². The number of nitrogens with one attached hydrogen (secondary N) is 1. The lowest BCUT2D eigenvalue weighted by molar-refractivity contribution is 0.415. The third kappa shape index (κ3) is 4.73. The number of anilines is 1. The smallest absolute Gasteiger partial charge is 0.263 e. The molecule has 0 spiro atoms. The highest BCUT2D eigenvalue weighted by atomic mass is 16.5. The summed E-state index contributed by atoms with van der Waals surface area (Å²) in [6.07, 6.45) is 5.37. The zero-order valence-corrected chi connectivity index (χ0v) is 14.6. The van der Waals surface area contributed by atoms with E-state index in [2.05, 4.69) is 25.7 Å². The summed E-state index contributed by atoms with van der Waals surface area (Å²) in [5.74, 6) is 1.13. The third-order valence-corrected chi connectivity index (χ3v) is 3.57. The van der Waals surface area contributed by atoms with Crippen molar-refractivity contribution in [1.82, 2.24) is 15.2 Å². The van der Waals surface area contributed by atoms with Gasteiger partial charge in [-0.15, -0.1) is 5.10 Å². The fourth-order valence-electron chi connectivity index (χ4n) is 2.29. The number of hydrogen-bond donors (Lipinski definition) is 1. The Balaban J connectivity index is 1.67. The molecule has 6 nitrogen and oxygen atoms in total. The second kappa shape index (κ2) is 8.53. The molecule has 6 heteroatoms. The van der Waals surface area contributed by atoms with Crippen LogP contribution in [-0.4, -0.2) is 28.5 Å². The number of benzene rings is 2. The van der Waals surface area contributed by atoms with Crippen molar-refractivity contribution < 1.29 is 4.74 Å². The second-order valence-electron chi connectivity index (χ2n) is 5.56. The first-order valence-corrected chi connectivity index (χ1v) is 8.11. The van der Waals surface area contributed by atoms with Crippen molar-refractivity contribution in [3.63, 3.8) is 0 Å². The molecule has 0 saturated heterocycles. The van der Waals surface area contributed by atoms with Crippen molar-refractivity contribution >= 4 is 18.2 Å². The molecule has 0 bridgehead atoms. The first kappa shape index (κ1) is 17.3. The summed E-state index contributed by atoms with van der Waals surface area (Å²) >= 11 is 0. The molecule has 0 radical (unpaired) electrons. The molecule has 3 aromatic rings. The van der Waals surface area contributed by atoms with Crippen LogP contribution in [0, 0.1) is 0 Å². The van der Waals surface area contributed by atoms with Gasteiger partial charge in [0, 0.05) is 5.56 Å². The van der Waals surface area contributed by atoms with E-state index >= 15 is 0 Å². The van der Waals surface area contributed by atoms with Gasteiger partial charge in [-0.3, -0.25) is 0 Å². The van der Waals surface area contributed by atoms with Crippen LogP contribution in [0.15, 0.2) is 71.5 Å². The van der Waals surface area contributed by atoms with Crippen LogP contribution in [0.25, 0.3) is 17.3 Å². The highest BCUT2D eigenvalue weighted by Gasteiger charge is 2.03. The van der Waals surface area contributed by atoms with Crippen LogP contribution in [0.5, 0.6) is 5.75 Å². The molecule has 3 rings (SSSR count). The largest absolute Gasteiger partial charge is 0.497 e. The maximum absolute atomic E-state index is 5.16. The number of hydrogen-bond acceptors (Lipinski definition) is 6. The van der Waals surface area contributed by atoms with E-state index in [1.165, 1.54) is 0 Å². The van der Waals surface area contributed by atoms with E-state index in [4.69, 9.17) is 4.74 Å².